The van der Waals surface area contributed by atoms with Gasteiger partial charge in [-0.3, -0.25) is 4.79 Å². The Hall–Kier alpha value is -1.07. The zero-order chi connectivity index (χ0) is 10.4. The van der Waals surface area contributed by atoms with E-state index in [1.807, 2.05) is 6.92 Å². The largest absolute Gasteiger partial charge is 0.474 e. The number of aromatic nitrogens is 2. The quantitative estimate of drug-likeness (QED) is 0.744. The molecule has 1 N–H and O–H groups in total. The van der Waals surface area contributed by atoms with Crippen LogP contribution in [0.3, 0.4) is 0 Å². The standard InChI is InChI=1S/C8H11ClN2O3/c1-2-13-3-4-14-8-6(9)7(12)10-5-11-8/h5H,2-4H2,1H3,(H,10,11,12). The van der Waals surface area contributed by atoms with Crippen molar-refractivity contribution in [2.24, 2.45) is 0 Å². The summed E-state index contributed by atoms with van der Waals surface area (Å²) in [6, 6.07) is 0. The number of ether oxygens (including phenoxy) is 2. The smallest absolute Gasteiger partial charge is 0.273 e. The van der Waals surface area contributed by atoms with Crippen LogP contribution < -0.4 is 10.3 Å². The molecular weight excluding hydrogens is 208 g/mol. The van der Waals surface area contributed by atoms with E-state index in [0.29, 0.717) is 19.8 Å². The molecule has 0 aliphatic heterocycles. The molecule has 78 valence electrons. The second kappa shape index (κ2) is 5.62. The fourth-order valence-electron chi connectivity index (χ4n) is 0.809. The summed E-state index contributed by atoms with van der Waals surface area (Å²) in [6.45, 7) is 3.28. The second-order valence-electron chi connectivity index (χ2n) is 2.40. The van der Waals surface area contributed by atoms with Gasteiger partial charge in [-0.2, -0.15) is 0 Å². The predicted octanol–water partition coefficient (Wildman–Crippen LogP) is 0.839. The number of hydrogen-bond acceptors (Lipinski definition) is 4. The SMILES string of the molecule is CCOCCOc1nc[nH]c(=O)c1Cl. The van der Waals surface area contributed by atoms with Crippen molar-refractivity contribution in [3.63, 3.8) is 0 Å². The summed E-state index contributed by atoms with van der Waals surface area (Å²) in [5.74, 6) is 0.134. The lowest BCUT2D eigenvalue weighted by atomic mass is 10.6. The highest BCUT2D eigenvalue weighted by Gasteiger charge is 2.05. The van der Waals surface area contributed by atoms with E-state index in [0.717, 1.165) is 0 Å². The molecule has 0 fully saturated rings. The predicted molar refractivity (Wildman–Crippen MR) is 51.9 cm³/mol. The van der Waals surface area contributed by atoms with E-state index < -0.39 is 5.56 Å². The van der Waals surface area contributed by atoms with Crippen LogP contribution in [0.15, 0.2) is 11.1 Å². The molecule has 0 saturated carbocycles. The second-order valence-corrected chi connectivity index (χ2v) is 2.77. The van der Waals surface area contributed by atoms with Gasteiger partial charge in [-0.15, -0.1) is 0 Å². The van der Waals surface area contributed by atoms with Crippen LogP contribution in [-0.2, 0) is 4.74 Å². The number of nitrogens with zero attached hydrogens (tertiary/aromatic N) is 1. The van der Waals surface area contributed by atoms with E-state index in [2.05, 4.69) is 9.97 Å². The highest BCUT2D eigenvalue weighted by molar-refractivity contribution is 6.31. The lowest BCUT2D eigenvalue weighted by molar-refractivity contribution is 0.108. The average Bonchev–Trinajstić information content (AvgIpc) is 2.19. The topological polar surface area (TPSA) is 64.2 Å². The molecule has 5 nitrogen and oxygen atoms in total. The Morgan fingerprint density at radius 1 is 1.57 bits per heavy atom. The van der Waals surface area contributed by atoms with Crippen LogP contribution in [0, 0.1) is 0 Å². The molecule has 0 aliphatic rings. The van der Waals surface area contributed by atoms with Crippen molar-refractivity contribution >= 4 is 11.6 Å². The zero-order valence-corrected chi connectivity index (χ0v) is 8.50. The summed E-state index contributed by atoms with van der Waals surface area (Å²) in [5, 5.41) is -0.0380. The summed E-state index contributed by atoms with van der Waals surface area (Å²) in [6.07, 6.45) is 1.24. The summed E-state index contributed by atoms with van der Waals surface area (Å²) in [5.41, 5.74) is -0.409. The number of H-pyrrole nitrogens is 1. The van der Waals surface area contributed by atoms with Gasteiger partial charge in [0.2, 0.25) is 5.88 Å². The Morgan fingerprint density at radius 3 is 3.07 bits per heavy atom. The van der Waals surface area contributed by atoms with Crippen molar-refractivity contribution in [3.8, 4) is 5.88 Å². The van der Waals surface area contributed by atoms with Crippen molar-refractivity contribution in [2.45, 2.75) is 6.92 Å². The maximum atomic E-state index is 11.0. The number of rotatable bonds is 5. The third-order valence-corrected chi connectivity index (χ3v) is 1.77. The van der Waals surface area contributed by atoms with Crippen LogP contribution in [0.2, 0.25) is 5.02 Å². The first-order valence-electron chi connectivity index (χ1n) is 4.19. The molecule has 0 saturated heterocycles. The number of hydrogen-bond donors (Lipinski definition) is 1. The van der Waals surface area contributed by atoms with Crippen molar-refractivity contribution < 1.29 is 9.47 Å². The molecule has 0 unspecified atom stereocenters. The molecule has 0 spiro atoms. The van der Waals surface area contributed by atoms with Crippen LogP contribution in [0.1, 0.15) is 6.92 Å². The van der Waals surface area contributed by atoms with Gasteiger partial charge in [-0.05, 0) is 6.92 Å². The van der Waals surface area contributed by atoms with Crippen molar-refractivity contribution in [1.29, 1.82) is 0 Å². The summed E-state index contributed by atoms with van der Waals surface area (Å²) in [7, 11) is 0. The third kappa shape index (κ3) is 3.01. The van der Waals surface area contributed by atoms with Crippen LogP contribution in [0.4, 0.5) is 0 Å². The molecule has 0 bridgehead atoms. The van der Waals surface area contributed by atoms with E-state index in [4.69, 9.17) is 21.1 Å². The molecule has 0 atom stereocenters. The van der Waals surface area contributed by atoms with E-state index in [1.165, 1.54) is 6.33 Å². The fraction of sp³-hybridized carbons (Fsp3) is 0.500. The summed E-state index contributed by atoms with van der Waals surface area (Å²) < 4.78 is 10.2. The Labute approximate surface area is 86.0 Å². The van der Waals surface area contributed by atoms with Gasteiger partial charge >= 0.3 is 0 Å². The summed E-state index contributed by atoms with van der Waals surface area (Å²) in [4.78, 5) is 17.1. The van der Waals surface area contributed by atoms with Crippen molar-refractivity contribution in [2.75, 3.05) is 19.8 Å². The maximum Gasteiger partial charge on any atom is 0.273 e. The fourth-order valence-corrected chi connectivity index (χ4v) is 0.967. The minimum Gasteiger partial charge on any atom is -0.474 e. The van der Waals surface area contributed by atoms with Crippen molar-refractivity contribution in [3.05, 3.63) is 21.7 Å². The van der Waals surface area contributed by atoms with Gasteiger partial charge in [0.1, 0.15) is 6.61 Å². The maximum absolute atomic E-state index is 11.0. The molecular formula is C8H11ClN2O3. The highest BCUT2D eigenvalue weighted by Crippen LogP contribution is 2.14. The molecule has 1 heterocycles. The molecule has 1 aromatic heterocycles. The van der Waals surface area contributed by atoms with E-state index >= 15 is 0 Å². The van der Waals surface area contributed by atoms with Gasteiger partial charge in [-0.1, -0.05) is 11.6 Å². The Balaban J connectivity index is 2.51. The van der Waals surface area contributed by atoms with Crippen LogP contribution >= 0.6 is 11.6 Å². The van der Waals surface area contributed by atoms with Gasteiger partial charge in [0.25, 0.3) is 5.56 Å². The van der Waals surface area contributed by atoms with E-state index in [9.17, 15) is 4.79 Å². The van der Waals surface area contributed by atoms with Gasteiger partial charge in [0, 0.05) is 6.61 Å². The monoisotopic (exact) mass is 218 g/mol. The normalized spacial score (nSPS) is 10.1. The Morgan fingerprint density at radius 2 is 2.36 bits per heavy atom. The molecule has 6 heteroatoms. The lowest BCUT2D eigenvalue weighted by Gasteiger charge is -2.05. The lowest BCUT2D eigenvalue weighted by Crippen LogP contribution is -2.12. The minimum absolute atomic E-state index is 0.0380. The zero-order valence-electron chi connectivity index (χ0n) is 7.75. The minimum atomic E-state index is -0.409. The first-order valence-corrected chi connectivity index (χ1v) is 4.57. The first kappa shape index (κ1) is 11.0. The first-order chi connectivity index (χ1) is 6.75. The van der Waals surface area contributed by atoms with Gasteiger partial charge in [0.05, 0.1) is 12.9 Å². The van der Waals surface area contributed by atoms with Crippen LogP contribution in [0.5, 0.6) is 5.88 Å². The molecule has 0 amide bonds. The average molecular weight is 219 g/mol. The molecule has 0 radical (unpaired) electrons. The van der Waals surface area contributed by atoms with Gasteiger partial charge in [-0.25, -0.2) is 4.98 Å². The van der Waals surface area contributed by atoms with Crippen molar-refractivity contribution in [1.82, 2.24) is 9.97 Å². The molecule has 1 aromatic rings. The third-order valence-electron chi connectivity index (χ3n) is 1.44. The summed E-state index contributed by atoms with van der Waals surface area (Å²) >= 11 is 5.63. The molecule has 1 rings (SSSR count). The number of aromatic amines is 1. The molecule has 14 heavy (non-hydrogen) atoms. The van der Waals surface area contributed by atoms with Crippen LogP contribution in [-0.4, -0.2) is 29.8 Å². The van der Waals surface area contributed by atoms with Crippen LogP contribution in [0.25, 0.3) is 0 Å². The highest BCUT2D eigenvalue weighted by atomic mass is 35.5. The van der Waals surface area contributed by atoms with Gasteiger partial charge in [0.15, 0.2) is 5.02 Å². The van der Waals surface area contributed by atoms with Gasteiger partial charge < -0.3 is 14.5 Å². The molecule has 0 aromatic carbocycles. The number of halogens is 1. The Bertz CT molecular complexity index is 340. The van der Waals surface area contributed by atoms with E-state index in [1.54, 1.807) is 0 Å². The number of nitrogens with one attached hydrogen (secondary N) is 1. The Kier molecular flexibility index (Phi) is 4.42. The van der Waals surface area contributed by atoms with E-state index in [-0.39, 0.29) is 10.9 Å². The molecule has 0 aliphatic carbocycles.